The van der Waals surface area contributed by atoms with Crippen molar-refractivity contribution in [2.45, 2.75) is 6.92 Å². The second-order valence-electron chi connectivity index (χ2n) is 2.70. The highest BCUT2D eigenvalue weighted by Crippen LogP contribution is 2.12. The Morgan fingerprint density at radius 2 is 2.07 bits per heavy atom. The molecule has 0 spiro atoms. The Labute approximate surface area is 84.1 Å². The highest BCUT2D eigenvalue weighted by atomic mass is 32.2. The normalized spacial score (nSPS) is 13.8. The Balaban J connectivity index is 2.78. The predicted molar refractivity (Wildman–Crippen MR) is 54.0 cm³/mol. The molecular formula is C9H10FNO2S. The molecule has 2 N–H and O–H groups in total. The largest absolute Gasteiger partial charge is 0.289 e. The summed E-state index contributed by atoms with van der Waals surface area (Å²) in [5.74, 6) is -0.305. The molecule has 0 aliphatic carbocycles. The smallest absolute Gasteiger partial charge is 0.258 e. The number of hydrogen-bond acceptors (Lipinski definition) is 1. The fourth-order valence-corrected chi connectivity index (χ4v) is 1.21. The van der Waals surface area contributed by atoms with Crippen molar-refractivity contribution < 1.29 is 13.2 Å². The third kappa shape index (κ3) is 3.27. The van der Waals surface area contributed by atoms with Gasteiger partial charge < -0.3 is 0 Å². The molecule has 0 heterocycles. The number of halogens is 1. The summed E-state index contributed by atoms with van der Waals surface area (Å²) in [6, 6.07) is 5.87. The van der Waals surface area contributed by atoms with Crippen LogP contribution in [0.3, 0.4) is 0 Å². The molecule has 0 bridgehead atoms. The molecule has 14 heavy (non-hydrogen) atoms. The van der Waals surface area contributed by atoms with Gasteiger partial charge in [-0.1, -0.05) is 12.1 Å². The molecule has 0 fully saturated rings. The third-order valence-corrected chi connectivity index (χ3v) is 2.00. The lowest BCUT2D eigenvalue weighted by Gasteiger charge is -2.01. The van der Waals surface area contributed by atoms with E-state index in [1.54, 1.807) is 19.1 Å². The molecule has 1 aromatic rings. The van der Waals surface area contributed by atoms with Crippen LogP contribution in [0.2, 0.25) is 0 Å². The highest BCUT2D eigenvalue weighted by molar-refractivity contribution is 7.77. The van der Waals surface area contributed by atoms with Gasteiger partial charge >= 0.3 is 0 Å². The van der Waals surface area contributed by atoms with Crippen LogP contribution in [0.5, 0.6) is 0 Å². The Kier molecular flexibility index (Phi) is 3.79. The minimum Gasteiger partial charge on any atom is -0.289 e. The molecule has 0 amide bonds. The fourth-order valence-electron chi connectivity index (χ4n) is 0.935. The maximum atomic E-state index is 12.5. The molecule has 0 aromatic heterocycles. The predicted octanol–water partition coefficient (Wildman–Crippen LogP) is 1.91. The lowest BCUT2D eigenvalue weighted by Crippen LogP contribution is -2.07. The van der Waals surface area contributed by atoms with Crippen molar-refractivity contribution in [1.29, 1.82) is 0 Å². The van der Waals surface area contributed by atoms with E-state index in [4.69, 9.17) is 4.55 Å². The summed E-state index contributed by atoms with van der Waals surface area (Å²) in [5, 5.41) is 0. The quantitative estimate of drug-likeness (QED) is 0.757. The van der Waals surface area contributed by atoms with Gasteiger partial charge in [0.15, 0.2) is 0 Å². The minimum absolute atomic E-state index is 0.305. The summed E-state index contributed by atoms with van der Waals surface area (Å²) in [6.07, 6.45) is 1.41. The lowest BCUT2D eigenvalue weighted by molar-refractivity contribution is 0.558. The molecule has 0 aliphatic heterocycles. The van der Waals surface area contributed by atoms with Crippen LogP contribution < -0.4 is 4.72 Å². The van der Waals surface area contributed by atoms with E-state index in [-0.39, 0.29) is 5.82 Å². The lowest BCUT2D eigenvalue weighted by atomic mass is 10.1. The maximum Gasteiger partial charge on any atom is 0.258 e. The van der Waals surface area contributed by atoms with E-state index < -0.39 is 11.3 Å². The van der Waals surface area contributed by atoms with Crippen LogP contribution in [0.15, 0.2) is 30.5 Å². The zero-order valence-corrected chi connectivity index (χ0v) is 8.34. The van der Waals surface area contributed by atoms with Crippen molar-refractivity contribution in [2.75, 3.05) is 0 Å². The number of nitrogens with one attached hydrogen (secondary N) is 1. The first kappa shape index (κ1) is 10.9. The van der Waals surface area contributed by atoms with E-state index >= 15 is 0 Å². The number of allylic oxidation sites excluding steroid dienone is 1. The maximum absolute atomic E-state index is 12.5. The number of hydrogen-bond donors (Lipinski definition) is 2. The molecule has 1 aromatic carbocycles. The van der Waals surface area contributed by atoms with E-state index in [9.17, 15) is 8.60 Å². The van der Waals surface area contributed by atoms with Crippen LogP contribution >= 0.6 is 0 Å². The van der Waals surface area contributed by atoms with Gasteiger partial charge in [-0.05, 0) is 30.2 Å². The minimum atomic E-state index is -2.06. The van der Waals surface area contributed by atoms with Crippen LogP contribution in [-0.4, -0.2) is 8.76 Å². The van der Waals surface area contributed by atoms with Crippen LogP contribution in [-0.2, 0) is 11.3 Å². The van der Waals surface area contributed by atoms with Gasteiger partial charge in [-0.15, -0.1) is 0 Å². The van der Waals surface area contributed by atoms with Gasteiger partial charge in [-0.25, -0.2) is 8.60 Å². The molecule has 5 heteroatoms. The summed E-state index contributed by atoms with van der Waals surface area (Å²) in [7, 11) is 0. The third-order valence-electron chi connectivity index (χ3n) is 1.68. The molecule has 0 saturated carbocycles. The molecule has 76 valence electrons. The summed E-state index contributed by atoms with van der Waals surface area (Å²) >= 11 is -2.06. The van der Waals surface area contributed by atoms with Gasteiger partial charge in [0.05, 0.1) is 0 Å². The molecule has 3 nitrogen and oxygen atoms in total. The first-order valence-corrected chi connectivity index (χ1v) is 5.00. The van der Waals surface area contributed by atoms with Gasteiger partial charge in [0.2, 0.25) is 0 Å². The first-order valence-electron chi connectivity index (χ1n) is 3.89. The number of rotatable bonds is 3. The van der Waals surface area contributed by atoms with Crippen molar-refractivity contribution in [1.82, 2.24) is 4.72 Å². The fraction of sp³-hybridized carbons (Fsp3) is 0.111. The molecule has 0 radical (unpaired) electrons. The standard InChI is InChI=1S/C9H10FNO2S/c1-7(6-11-14(12)13)8-2-4-9(10)5-3-8/h2-6,11H,1H3,(H,12,13). The Bertz CT molecular complexity index is 362. The van der Waals surface area contributed by atoms with E-state index in [1.807, 2.05) is 0 Å². The molecule has 0 aliphatic rings. The van der Waals surface area contributed by atoms with Gasteiger partial charge in [0, 0.05) is 6.20 Å². The number of benzene rings is 1. The zero-order chi connectivity index (χ0) is 10.6. The van der Waals surface area contributed by atoms with E-state index in [2.05, 4.69) is 4.72 Å². The topological polar surface area (TPSA) is 49.3 Å². The van der Waals surface area contributed by atoms with Gasteiger partial charge in [-0.3, -0.25) is 9.27 Å². The Hall–Kier alpha value is -1.20. The van der Waals surface area contributed by atoms with Crippen LogP contribution in [0.1, 0.15) is 12.5 Å². The molecular weight excluding hydrogens is 205 g/mol. The monoisotopic (exact) mass is 215 g/mol. The Morgan fingerprint density at radius 1 is 1.50 bits per heavy atom. The molecule has 1 unspecified atom stereocenters. The van der Waals surface area contributed by atoms with Gasteiger partial charge in [0.25, 0.3) is 11.3 Å². The average Bonchev–Trinajstić information content (AvgIpc) is 2.15. The SMILES string of the molecule is CC(=CNS(=O)O)c1ccc(F)cc1. The summed E-state index contributed by atoms with van der Waals surface area (Å²) in [4.78, 5) is 0. The van der Waals surface area contributed by atoms with Crippen LogP contribution in [0.4, 0.5) is 4.39 Å². The van der Waals surface area contributed by atoms with Crippen molar-refractivity contribution >= 4 is 16.8 Å². The summed E-state index contributed by atoms with van der Waals surface area (Å²) in [5.41, 5.74) is 1.55. The van der Waals surface area contributed by atoms with Gasteiger partial charge in [-0.2, -0.15) is 0 Å². The first-order chi connectivity index (χ1) is 6.59. The van der Waals surface area contributed by atoms with E-state index in [0.29, 0.717) is 0 Å². The van der Waals surface area contributed by atoms with E-state index in [1.165, 1.54) is 18.3 Å². The second-order valence-corrected chi connectivity index (χ2v) is 3.44. The van der Waals surface area contributed by atoms with Crippen molar-refractivity contribution in [2.24, 2.45) is 0 Å². The van der Waals surface area contributed by atoms with Crippen molar-refractivity contribution in [3.63, 3.8) is 0 Å². The summed E-state index contributed by atoms with van der Waals surface area (Å²) in [6.45, 7) is 1.76. The second kappa shape index (κ2) is 4.88. The molecule has 0 saturated heterocycles. The highest BCUT2D eigenvalue weighted by Gasteiger charge is 1.96. The van der Waals surface area contributed by atoms with Crippen molar-refractivity contribution in [3.05, 3.63) is 41.8 Å². The Morgan fingerprint density at radius 3 is 2.57 bits per heavy atom. The van der Waals surface area contributed by atoms with E-state index in [0.717, 1.165) is 11.1 Å². The van der Waals surface area contributed by atoms with Crippen LogP contribution in [0.25, 0.3) is 5.57 Å². The average molecular weight is 215 g/mol. The molecule has 1 rings (SSSR count). The van der Waals surface area contributed by atoms with Gasteiger partial charge in [0.1, 0.15) is 5.82 Å². The van der Waals surface area contributed by atoms with Crippen molar-refractivity contribution in [3.8, 4) is 0 Å². The summed E-state index contributed by atoms with van der Waals surface area (Å²) < 4.78 is 33.5. The van der Waals surface area contributed by atoms with Crippen LogP contribution in [0, 0.1) is 5.82 Å². The molecule has 1 atom stereocenters. The zero-order valence-electron chi connectivity index (χ0n) is 7.53.